The first-order valence-electron chi connectivity index (χ1n) is 8.45. The fourth-order valence-corrected chi connectivity index (χ4v) is 2.70. The third-order valence-electron chi connectivity index (χ3n) is 3.80. The van der Waals surface area contributed by atoms with Gasteiger partial charge < -0.3 is 11.1 Å². The van der Waals surface area contributed by atoms with E-state index in [2.05, 4.69) is 54.3 Å². The lowest BCUT2D eigenvalue weighted by molar-refractivity contribution is 0.833. The van der Waals surface area contributed by atoms with E-state index in [1.807, 2.05) is 26.8 Å². The molecule has 0 aromatic rings. The highest BCUT2D eigenvalue weighted by Crippen LogP contribution is 2.29. The second-order valence-electron chi connectivity index (χ2n) is 6.31. The lowest BCUT2D eigenvalue weighted by atomic mass is 9.91. The molecule has 0 saturated heterocycles. The normalized spacial score (nSPS) is 16.8. The van der Waals surface area contributed by atoms with E-state index < -0.39 is 0 Å². The zero-order valence-electron chi connectivity index (χ0n) is 15.9. The number of nitrogens with two attached hydrogens (primary N) is 1. The maximum atomic E-state index is 5.93. The molecule has 0 fully saturated rings. The summed E-state index contributed by atoms with van der Waals surface area (Å²) in [5, 5.41) is 3.30. The zero-order valence-corrected chi connectivity index (χ0v) is 15.9. The van der Waals surface area contributed by atoms with Gasteiger partial charge in [0.2, 0.25) is 0 Å². The van der Waals surface area contributed by atoms with Crippen molar-refractivity contribution in [2.45, 2.75) is 46.6 Å². The molecule has 1 heterocycles. The van der Waals surface area contributed by atoms with E-state index in [0.29, 0.717) is 12.3 Å². The number of aliphatic imine (C=N–C) groups is 2. The van der Waals surface area contributed by atoms with Crippen molar-refractivity contribution in [2.24, 2.45) is 15.7 Å². The van der Waals surface area contributed by atoms with E-state index in [-0.39, 0.29) is 6.04 Å². The minimum Gasteiger partial charge on any atom is -0.404 e. The molecule has 0 radical (unpaired) electrons. The molecule has 1 rings (SSSR count). The van der Waals surface area contributed by atoms with Crippen LogP contribution in [0.1, 0.15) is 40.5 Å². The maximum absolute atomic E-state index is 5.93. The van der Waals surface area contributed by atoms with E-state index >= 15 is 0 Å². The highest BCUT2D eigenvalue weighted by Gasteiger charge is 2.18. The van der Waals surface area contributed by atoms with Gasteiger partial charge in [0.05, 0.1) is 0 Å². The quantitative estimate of drug-likeness (QED) is 0.309. The van der Waals surface area contributed by atoms with Gasteiger partial charge in [0.15, 0.2) is 5.84 Å². The Labute approximate surface area is 152 Å². The van der Waals surface area contributed by atoms with Gasteiger partial charge in [-0.05, 0) is 63.6 Å². The topological polar surface area (TPSA) is 62.8 Å². The van der Waals surface area contributed by atoms with E-state index in [4.69, 9.17) is 5.73 Å². The lowest BCUT2D eigenvalue weighted by Gasteiger charge is -2.23. The fourth-order valence-electron chi connectivity index (χ4n) is 2.70. The molecule has 0 amide bonds. The molecule has 1 aliphatic heterocycles. The molecular formula is C21H30N4. The van der Waals surface area contributed by atoms with Crippen molar-refractivity contribution in [2.75, 3.05) is 0 Å². The Morgan fingerprint density at radius 2 is 2.04 bits per heavy atom. The Morgan fingerprint density at radius 3 is 2.52 bits per heavy atom. The van der Waals surface area contributed by atoms with Crippen molar-refractivity contribution < 1.29 is 0 Å². The molecule has 0 aromatic heterocycles. The third-order valence-corrected chi connectivity index (χ3v) is 3.80. The van der Waals surface area contributed by atoms with Crippen molar-refractivity contribution in [3.8, 4) is 0 Å². The Kier molecular flexibility index (Phi) is 7.86. The van der Waals surface area contributed by atoms with Crippen LogP contribution in [0.2, 0.25) is 0 Å². The highest BCUT2D eigenvalue weighted by molar-refractivity contribution is 6.04. The molecule has 0 spiro atoms. The second-order valence-corrected chi connectivity index (χ2v) is 6.31. The molecule has 0 unspecified atom stereocenters. The van der Waals surface area contributed by atoms with Gasteiger partial charge in [0, 0.05) is 35.6 Å². The molecule has 4 nitrogen and oxygen atoms in total. The first-order chi connectivity index (χ1) is 11.8. The molecular weight excluding hydrogens is 308 g/mol. The van der Waals surface area contributed by atoms with Crippen LogP contribution in [-0.4, -0.2) is 18.6 Å². The van der Waals surface area contributed by atoms with Gasteiger partial charge in [-0.2, -0.15) is 0 Å². The molecule has 3 N–H and O–H groups in total. The molecule has 1 aliphatic rings. The van der Waals surface area contributed by atoms with Gasteiger partial charge >= 0.3 is 0 Å². The first kappa shape index (κ1) is 20.4. The van der Waals surface area contributed by atoms with E-state index in [1.165, 1.54) is 5.57 Å². The minimum absolute atomic E-state index is 0.106. The van der Waals surface area contributed by atoms with Crippen LogP contribution in [0.15, 0.2) is 81.3 Å². The fraction of sp³-hybridized carbons (Fsp3) is 0.333. The first-order valence-corrected chi connectivity index (χ1v) is 8.45. The third kappa shape index (κ3) is 5.75. The van der Waals surface area contributed by atoms with Crippen LogP contribution in [0.25, 0.3) is 0 Å². The van der Waals surface area contributed by atoms with Gasteiger partial charge in [-0.25, -0.2) is 4.99 Å². The SMILES string of the molecule is C=CC/C=C(/CC1=C(C)C=C(C)NC1=C)C(=CN)C(N=C)=NC(C)C. The van der Waals surface area contributed by atoms with Crippen LogP contribution in [0.3, 0.4) is 0 Å². The van der Waals surface area contributed by atoms with Gasteiger partial charge in [0.1, 0.15) is 0 Å². The number of hydrogen-bond donors (Lipinski definition) is 2. The monoisotopic (exact) mass is 338 g/mol. The van der Waals surface area contributed by atoms with Crippen LogP contribution in [-0.2, 0) is 0 Å². The average molecular weight is 338 g/mol. The van der Waals surface area contributed by atoms with Crippen LogP contribution in [0, 0.1) is 0 Å². The Balaban J connectivity index is 3.34. The largest absolute Gasteiger partial charge is 0.404 e. The summed E-state index contributed by atoms with van der Waals surface area (Å²) in [6.07, 6.45) is 9.06. The summed E-state index contributed by atoms with van der Waals surface area (Å²) in [6, 6.07) is 0.106. The van der Waals surface area contributed by atoms with E-state index in [0.717, 1.165) is 34.5 Å². The van der Waals surface area contributed by atoms with Crippen molar-refractivity contribution in [3.63, 3.8) is 0 Å². The van der Waals surface area contributed by atoms with Gasteiger partial charge in [0.25, 0.3) is 0 Å². The van der Waals surface area contributed by atoms with Crippen molar-refractivity contribution in [3.05, 3.63) is 71.3 Å². The van der Waals surface area contributed by atoms with Crippen molar-refractivity contribution >= 4 is 12.6 Å². The number of rotatable bonds is 7. The molecule has 0 atom stereocenters. The maximum Gasteiger partial charge on any atom is 0.155 e. The number of allylic oxidation sites excluding steroid dienone is 6. The molecule has 134 valence electrons. The number of nitrogens with one attached hydrogen (secondary N) is 1. The molecule has 0 aromatic carbocycles. The zero-order chi connectivity index (χ0) is 19.0. The number of dihydropyridines is 1. The van der Waals surface area contributed by atoms with Crippen molar-refractivity contribution in [1.82, 2.24) is 5.32 Å². The summed E-state index contributed by atoms with van der Waals surface area (Å²) in [4.78, 5) is 8.64. The summed E-state index contributed by atoms with van der Waals surface area (Å²) in [7, 11) is 0. The van der Waals surface area contributed by atoms with Crippen LogP contribution in [0.5, 0.6) is 0 Å². The number of nitrogens with zero attached hydrogens (tertiary/aromatic N) is 2. The standard InChI is InChI=1S/C21H30N4/c1-8-9-10-18(20(13-22)21(23-7)24-14(2)3)12-19-15(4)11-16(5)25-17(19)6/h8,10-11,13-14,25H,1,6-7,9,12,22H2,2-5H3/b18-10-,20-13?,24-21?. The van der Waals surface area contributed by atoms with Crippen LogP contribution in [0.4, 0.5) is 0 Å². The Morgan fingerprint density at radius 1 is 1.36 bits per heavy atom. The molecule has 0 bridgehead atoms. The molecule has 0 aliphatic carbocycles. The Hall–Kier alpha value is -2.62. The van der Waals surface area contributed by atoms with E-state index in [1.54, 1.807) is 6.20 Å². The molecule has 4 heteroatoms. The minimum atomic E-state index is 0.106. The lowest BCUT2D eigenvalue weighted by Crippen LogP contribution is -2.18. The Bertz CT molecular complexity index is 697. The number of amidine groups is 1. The van der Waals surface area contributed by atoms with Gasteiger partial charge in [-0.15, -0.1) is 6.58 Å². The smallest absolute Gasteiger partial charge is 0.155 e. The predicted octanol–water partition coefficient (Wildman–Crippen LogP) is 4.57. The highest BCUT2D eigenvalue weighted by atomic mass is 14.9. The van der Waals surface area contributed by atoms with Crippen molar-refractivity contribution in [1.29, 1.82) is 0 Å². The predicted molar refractivity (Wildman–Crippen MR) is 111 cm³/mol. The van der Waals surface area contributed by atoms with E-state index in [9.17, 15) is 0 Å². The second kappa shape index (κ2) is 9.62. The molecule has 0 saturated carbocycles. The number of hydrogen-bond acceptors (Lipinski definition) is 3. The summed E-state index contributed by atoms with van der Waals surface area (Å²) in [6.45, 7) is 19.7. The summed E-state index contributed by atoms with van der Waals surface area (Å²) >= 11 is 0. The summed E-state index contributed by atoms with van der Waals surface area (Å²) in [5.74, 6) is 0.562. The van der Waals surface area contributed by atoms with Gasteiger partial charge in [-0.1, -0.05) is 18.7 Å². The van der Waals surface area contributed by atoms with Crippen LogP contribution < -0.4 is 11.1 Å². The van der Waals surface area contributed by atoms with Gasteiger partial charge in [-0.3, -0.25) is 4.99 Å². The summed E-state index contributed by atoms with van der Waals surface area (Å²) in [5.41, 5.74) is 12.1. The van der Waals surface area contributed by atoms with Crippen LogP contribution >= 0.6 is 0 Å². The average Bonchev–Trinajstić information content (AvgIpc) is 2.54. The molecule has 25 heavy (non-hydrogen) atoms. The summed E-state index contributed by atoms with van der Waals surface area (Å²) < 4.78 is 0.